The van der Waals surface area contributed by atoms with Crippen molar-refractivity contribution in [2.45, 2.75) is 39.7 Å². The van der Waals surface area contributed by atoms with E-state index < -0.39 is 0 Å². The molecule has 0 N–H and O–H groups in total. The third kappa shape index (κ3) is 1.62. The second-order valence-electron chi connectivity index (χ2n) is 4.86. The van der Waals surface area contributed by atoms with E-state index in [1.54, 1.807) is 6.07 Å². The molecule has 16 heavy (non-hydrogen) atoms. The van der Waals surface area contributed by atoms with Crippen molar-refractivity contribution in [3.05, 3.63) is 35.8 Å². The lowest BCUT2D eigenvalue weighted by Gasteiger charge is -2.16. The molecule has 1 aromatic carbocycles. The van der Waals surface area contributed by atoms with Gasteiger partial charge in [-0.05, 0) is 38.0 Å². The first kappa shape index (κ1) is 11.2. The molecule has 0 fully saturated rings. The van der Waals surface area contributed by atoms with Crippen LogP contribution in [0.25, 0.3) is 10.9 Å². The van der Waals surface area contributed by atoms with Gasteiger partial charge < -0.3 is 4.57 Å². The Hall–Kier alpha value is -1.31. The fourth-order valence-corrected chi connectivity index (χ4v) is 2.26. The molecule has 2 aromatic rings. The molecule has 2 heteroatoms. The number of fused-ring (bicyclic) bond motifs is 1. The van der Waals surface area contributed by atoms with Gasteiger partial charge in [0.05, 0.1) is 5.52 Å². The fraction of sp³-hybridized carbons (Fsp3) is 0.429. The molecule has 0 amide bonds. The largest absolute Gasteiger partial charge is 0.342 e. The lowest BCUT2D eigenvalue weighted by molar-refractivity contribution is 0.577. The summed E-state index contributed by atoms with van der Waals surface area (Å²) in [7, 11) is 0. The first-order chi connectivity index (χ1) is 7.52. The predicted octanol–water partition coefficient (Wildman–Crippen LogP) is 4.48. The summed E-state index contributed by atoms with van der Waals surface area (Å²) >= 11 is 0. The van der Waals surface area contributed by atoms with Crippen LogP contribution in [0.4, 0.5) is 4.39 Å². The standard InChI is InChI=1S/C14H18FN/c1-9(2)14-8-11-12(15)6-5-7-13(11)16(14)10(3)4/h5-10H,1-4H3. The van der Waals surface area contributed by atoms with Crippen molar-refractivity contribution in [2.24, 2.45) is 0 Å². The smallest absolute Gasteiger partial charge is 0.132 e. The Morgan fingerprint density at radius 2 is 1.81 bits per heavy atom. The molecular formula is C14H18FN. The van der Waals surface area contributed by atoms with Gasteiger partial charge in [-0.3, -0.25) is 0 Å². The van der Waals surface area contributed by atoms with E-state index in [0.29, 0.717) is 12.0 Å². The van der Waals surface area contributed by atoms with E-state index >= 15 is 0 Å². The third-order valence-electron chi connectivity index (χ3n) is 2.97. The fourth-order valence-electron chi connectivity index (χ4n) is 2.26. The second-order valence-corrected chi connectivity index (χ2v) is 4.86. The first-order valence-corrected chi connectivity index (χ1v) is 5.81. The lowest BCUT2D eigenvalue weighted by atomic mass is 10.1. The maximum Gasteiger partial charge on any atom is 0.132 e. The molecule has 1 nitrogen and oxygen atoms in total. The number of nitrogens with zero attached hydrogens (tertiary/aromatic N) is 1. The van der Waals surface area contributed by atoms with Crippen LogP contribution in [0.5, 0.6) is 0 Å². The number of halogens is 1. The average molecular weight is 219 g/mol. The van der Waals surface area contributed by atoms with Crippen LogP contribution in [-0.4, -0.2) is 4.57 Å². The summed E-state index contributed by atoms with van der Waals surface area (Å²) in [5.74, 6) is 0.285. The minimum atomic E-state index is -0.126. The molecule has 0 atom stereocenters. The number of rotatable bonds is 2. The van der Waals surface area contributed by atoms with E-state index in [-0.39, 0.29) is 5.82 Å². The summed E-state index contributed by atoms with van der Waals surface area (Å²) < 4.78 is 15.9. The SMILES string of the molecule is CC(C)c1cc2c(F)cccc2n1C(C)C. The Morgan fingerprint density at radius 1 is 1.12 bits per heavy atom. The zero-order valence-corrected chi connectivity index (χ0v) is 10.3. The highest BCUT2D eigenvalue weighted by Gasteiger charge is 2.15. The molecule has 0 unspecified atom stereocenters. The van der Waals surface area contributed by atoms with Gasteiger partial charge in [-0.25, -0.2) is 4.39 Å². The number of aromatic nitrogens is 1. The van der Waals surface area contributed by atoms with Crippen LogP contribution in [0.15, 0.2) is 24.3 Å². The Bertz CT molecular complexity index is 509. The molecule has 1 heterocycles. The van der Waals surface area contributed by atoms with E-state index in [1.165, 1.54) is 11.8 Å². The van der Waals surface area contributed by atoms with Gasteiger partial charge in [0.2, 0.25) is 0 Å². The summed E-state index contributed by atoms with van der Waals surface area (Å²) in [6, 6.07) is 7.63. The summed E-state index contributed by atoms with van der Waals surface area (Å²) in [6.07, 6.45) is 0. The van der Waals surface area contributed by atoms with Crippen LogP contribution in [0.1, 0.15) is 45.3 Å². The van der Waals surface area contributed by atoms with Crippen molar-refractivity contribution in [2.75, 3.05) is 0 Å². The second kappa shape index (κ2) is 3.93. The molecule has 86 valence electrons. The Morgan fingerprint density at radius 3 is 2.38 bits per heavy atom. The molecule has 1 aromatic heterocycles. The van der Waals surface area contributed by atoms with E-state index in [9.17, 15) is 4.39 Å². The lowest BCUT2D eigenvalue weighted by Crippen LogP contribution is -2.06. The van der Waals surface area contributed by atoms with E-state index in [1.807, 2.05) is 12.1 Å². The first-order valence-electron chi connectivity index (χ1n) is 5.81. The highest BCUT2D eigenvalue weighted by molar-refractivity contribution is 5.82. The van der Waals surface area contributed by atoms with Crippen LogP contribution >= 0.6 is 0 Å². The molecule has 0 aliphatic heterocycles. The van der Waals surface area contributed by atoms with Gasteiger partial charge in [-0.15, -0.1) is 0 Å². The van der Waals surface area contributed by atoms with E-state index in [2.05, 4.69) is 32.3 Å². The normalized spacial score (nSPS) is 11.9. The van der Waals surface area contributed by atoms with Gasteiger partial charge in [-0.2, -0.15) is 0 Å². The van der Waals surface area contributed by atoms with Crippen molar-refractivity contribution in [1.82, 2.24) is 4.57 Å². The summed E-state index contributed by atoms with van der Waals surface area (Å²) in [6.45, 7) is 8.56. The minimum Gasteiger partial charge on any atom is -0.342 e. The topological polar surface area (TPSA) is 4.93 Å². The zero-order chi connectivity index (χ0) is 11.9. The number of benzene rings is 1. The molecule has 0 bridgehead atoms. The van der Waals surface area contributed by atoms with Gasteiger partial charge >= 0.3 is 0 Å². The predicted molar refractivity (Wildman–Crippen MR) is 66.4 cm³/mol. The van der Waals surface area contributed by atoms with Crippen LogP contribution in [0.2, 0.25) is 0 Å². The Labute approximate surface area is 95.9 Å². The highest BCUT2D eigenvalue weighted by Crippen LogP contribution is 2.30. The average Bonchev–Trinajstić information content (AvgIpc) is 2.58. The summed E-state index contributed by atoms with van der Waals surface area (Å²) in [4.78, 5) is 0. The molecule has 0 radical (unpaired) electrons. The Balaban J connectivity index is 2.81. The van der Waals surface area contributed by atoms with Crippen molar-refractivity contribution >= 4 is 10.9 Å². The number of hydrogen-bond acceptors (Lipinski definition) is 0. The van der Waals surface area contributed by atoms with Crippen LogP contribution in [0.3, 0.4) is 0 Å². The number of hydrogen-bond donors (Lipinski definition) is 0. The third-order valence-corrected chi connectivity index (χ3v) is 2.97. The van der Waals surface area contributed by atoms with Crippen LogP contribution in [-0.2, 0) is 0 Å². The van der Waals surface area contributed by atoms with Crippen molar-refractivity contribution in [3.8, 4) is 0 Å². The quantitative estimate of drug-likeness (QED) is 0.701. The minimum absolute atomic E-state index is 0.126. The maximum absolute atomic E-state index is 13.7. The molecule has 0 aliphatic rings. The monoisotopic (exact) mass is 219 g/mol. The van der Waals surface area contributed by atoms with Gasteiger partial charge in [0.1, 0.15) is 5.82 Å². The van der Waals surface area contributed by atoms with Gasteiger partial charge in [0, 0.05) is 17.1 Å². The van der Waals surface area contributed by atoms with Crippen LogP contribution in [0, 0.1) is 5.82 Å². The summed E-state index contributed by atoms with van der Waals surface area (Å²) in [5, 5.41) is 0.736. The van der Waals surface area contributed by atoms with Crippen LogP contribution < -0.4 is 0 Å². The van der Waals surface area contributed by atoms with Crippen molar-refractivity contribution in [3.63, 3.8) is 0 Å². The van der Waals surface area contributed by atoms with E-state index in [0.717, 1.165) is 10.9 Å². The Kier molecular flexibility index (Phi) is 2.75. The highest BCUT2D eigenvalue weighted by atomic mass is 19.1. The molecule has 0 saturated carbocycles. The van der Waals surface area contributed by atoms with Gasteiger partial charge in [-0.1, -0.05) is 19.9 Å². The maximum atomic E-state index is 13.7. The molecule has 2 rings (SSSR count). The molecular weight excluding hydrogens is 201 g/mol. The summed E-state index contributed by atoms with van der Waals surface area (Å²) in [5.41, 5.74) is 2.20. The van der Waals surface area contributed by atoms with Gasteiger partial charge in [0.15, 0.2) is 0 Å². The molecule has 0 spiro atoms. The van der Waals surface area contributed by atoms with Crippen molar-refractivity contribution in [1.29, 1.82) is 0 Å². The molecule has 0 aliphatic carbocycles. The zero-order valence-electron chi connectivity index (χ0n) is 10.3. The van der Waals surface area contributed by atoms with Crippen molar-refractivity contribution < 1.29 is 4.39 Å². The van der Waals surface area contributed by atoms with Gasteiger partial charge in [0.25, 0.3) is 0 Å². The molecule has 0 saturated heterocycles. The van der Waals surface area contributed by atoms with E-state index in [4.69, 9.17) is 0 Å².